The zero-order valence-electron chi connectivity index (χ0n) is 13.0. The standard InChI is InChI=1S/C15H22N4O3/c1-3-4-9-22-15(20)19-7-5-11(6-8-19)12-10-13(21-2)14(16)18-17-12/h5,10H,3-4,6-9H2,1-2H3,(H2,16,18). The number of rotatable bonds is 5. The van der Waals surface area contributed by atoms with Crippen LogP contribution in [-0.2, 0) is 4.74 Å². The van der Waals surface area contributed by atoms with E-state index in [2.05, 4.69) is 17.1 Å². The van der Waals surface area contributed by atoms with Gasteiger partial charge < -0.3 is 20.1 Å². The molecule has 120 valence electrons. The first-order chi connectivity index (χ1) is 10.7. The molecule has 0 bridgehead atoms. The molecule has 7 nitrogen and oxygen atoms in total. The summed E-state index contributed by atoms with van der Waals surface area (Å²) in [6.45, 7) is 3.65. The number of nitrogens with zero attached hydrogens (tertiary/aromatic N) is 3. The SMILES string of the molecule is CCCCOC(=O)N1CC=C(c2cc(OC)c(N)nn2)CC1. The fraction of sp³-hybridized carbons (Fsp3) is 0.533. The van der Waals surface area contributed by atoms with Crippen LogP contribution in [0.15, 0.2) is 12.1 Å². The molecular weight excluding hydrogens is 284 g/mol. The number of amides is 1. The molecule has 0 atom stereocenters. The highest BCUT2D eigenvalue weighted by Gasteiger charge is 2.20. The van der Waals surface area contributed by atoms with Crippen molar-refractivity contribution in [1.82, 2.24) is 15.1 Å². The average Bonchev–Trinajstić information content (AvgIpc) is 2.55. The molecule has 7 heteroatoms. The van der Waals surface area contributed by atoms with Crippen molar-refractivity contribution in [2.45, 2.75) is 26.2 Å². The van der Waals surface area contributed by atoms with Gasteiger partial charge in [0.1, 0.15) is 0 Å². The number of hydrogen-bond donors (Lipinski definition) is 1. The highest BCUT2D eigenvalue weighted by atomic mass is 16.6. The highest BCUT2D eigenvalue weighted by Crippen LogP contribution is 2.25. The molecule has 0 saturated carbocycles. The Bertz CT molecular complexity index is 560. The summed E-state index contributed by atoms with van der Waals surface area (Å²) in [5.41, 5.74) is 7.42. The molecule has 0 unspecified atom stereocenters. The van der Waals surface area contributed by atoms with E-state index >= 15 is 0 Å². The molecule has 2 N–H and O–H groups in total. The number of carbonyl (C=O) groups excluding carboxylic acids is 1. The Morgan fingerprint density at radius 1 is 1.45 bits per heavy atom. The Morgan fingerprint density at radius 2 is 2.27 bits per heavy atom. The van der Waals surface area contributed by atoms with Crippen LogP contribution in [0.4, 0.5) is 10.6 Å². The van der Waals surface area contributed by atoms with Gasteiger partial charge in [0.2, 0.25) is 0 Å². The van der Waals surface area contributed by atoms with E-state index in [1.807, 2.05) is 6.08 Å². The minimum Gasteiger partial charge on any atom is -0.493 e. The summed E-state index contributed by atoms with van der Waals surface area (Å²) in [6, 6.07) is 1.77. The van der Waals surface area contributed by atoms with E-state index in [4.69, 9.17) is 15.2 Å². The van der Waals surface area contributed by atoms with Crippen LogP contribution in [-0.4, -0.2) is 48.0 Å². The number of nitrogens with two attached hydrogens (primary N) is 1. The molecule has 0 saturated heterocycles. The molecule has 1 amide bonds. The van der Waals surface area contributed by atoms with Crippen molar-refractivity contribution >= 4 is 17.5 Å². The molecule has 0 fully saturated rings. The van der Waals surface area contributed by atoms with Gasteiger partial charge in [-0.2, -0.15) is 0 Å². The van der Waals surface area contributed by atoms with E-state index in [9.17, 15) is 4.79 Å². The third-order valence-electron chi connectivity index (χ3n) is 3.53. The lowest BCUT2D eigenvalue weighted by molar-refractivity contribution is 0.105. The van der Waals surface area contributed by atoms with Crippen LogP contribution < -0.4 is 10.5 Å². The van der Waals surface area contributed by atoms with E-state index in [1.54, 1.807) is 18.1 Å². The fourth-order valence-electron chi connectivity index (χ4n) is 2.17. The van der Waals surface area contributed by atoms with Crippen molar-refractivity contribution < 1.29 is 14.3 Å². The summed E-state index contributed by atoms with van der Waals surface area (Å²) < 4.78 is 10.4. The minimum absolute atomic E-state index is 0.260. The molecular formula is C15H22N4O3. The van der Waals surface area contributed by atoms with Gasteiger partial charge in [0, 0.05) is 19.2 Å². The lowest BCUT2D eigenvalue weighted by atomic mass is 10.0. The number of carbonyl (C=O) groups is 1. The third-order valence-corrected chi connectivity index (χ3v) is 3.53. The molecule has 0 radical (unpaired) electrons. The largest absolute Gasteiger partial charge is 0.493 e. The summed E-state index contributed by atoms with van der Waals surface area (Å²) in [5.74, 6) is 0.774. The number of nitrogen functional groups attached to an aromatic ring is 1. The highest BCUT2D eigenvalue weighted by molar-refractivity contribution is 5.72. The van der Waals surface area contributed by atoms with Crippen LogP contribution in [0.25, 0.3) is 5.57 Å². The predicted molar refractivity (Wildman–Crippen MR) is 83.4 cm³/mol. The molecule has 22 heavy (non-hydrogen) atoms. The second-order valence-corrected chi connectivity index (χ2v) is 5.08. The number of ether oxygens (including phenoxy) is 2. The van der Waals surface area contributed by atoms with E-state index in [1.165, 1.54) is 0 Å². The lowest BCUT2D eigenvalue weighted by Crippen LogP contribution is -2.35. The summed E-state index contributed by atoms with van der Waals surface area (Å²) in [6.07, 6.45) is 4.30. The molecule has 1 aliphatic heterocycles. The molecule has 1 aromatic heterocycles. The first-order valence-corrected chi connectivity index (χ1v) is 7.44. The van der Waals surface area contributed by atoms with Crippen LogP contribution >= 0.6 is 0 Å². The van der Waals surface area contributed by atoms with Crippen LogP contribution in [0.1, 0.15) is 31.9 Å². The molecule has 1 aliphatic rings. The van der Waals surface area contributed by atoms with Crippen LogP contribution in [0.5, 0.6) is 5.75 Å². The molecule has 2 heterocycles. The molecule has 2 rings (SSSR count). The number of anilines is 1. The van der Waals surface area contributed by atoms with Gasteiger partial charge in [-0.1, -0.05) is 19.4 Å². The van der Waals surface area contributed by atoms with Crippen molar-refractivity contribution in [3.63, 3.8) is 0 Å². The average molecular weight is 306 g/mol. The van der Waals surface area contributed by atoms with Gasteiger partial charge in [-0.05, 0) is 18.4 Å². The Morgan fingerprint density at radius 3 is 2.91 bits per heavy atom. The van der Waals surface area contributed by atoms with Gasteiger partial charge in [0.05, 0.1) is 19.4 Å². The Kier molecular flexibility index (Phi) is 5.57. The second-order valence-electron chi connectivity index (χ2n) is 5.08. The fourth-order valence-corrected chi connectivity index (χ4v) is 2.17. The maximum Gasteiger partial charge on any atom is 0.410 e. The topological polar surface area (TPSA) is 90.6 Å². The van der Waals surface area contributed by atoms with E-state index < -0.39 is 0 Å². The van der Waals surface area contributed by atoms with Gasteiger partial charge in [0.15, 0.2) is 11.6 Å². The van der Waals surface area contributed by atoms with Gasteiger partial charge in [-0.25, -0.2) is 4.79 Å². The number of methoxy groups -OCH3 is 1. The van der Waals surface area contributed by atoms with Crippen molar-refractivity contribution in [2.75, 3.05) is 32.5 Å². The van der Waals surface area contributed by atoms with E-state index in [0.29, 0.717) is 31.9 Å². The van der Waals surface area contributed by atoms with E-state index in [-0.39, 0.29) is 11.9 Å². The Labute approximate surface area is 130 Å². The number of hydrogen-bond acceptors (Lipinski definition) is 6. The van der Waals surface area contributed by atoms with Gasteiger partial charge in [-0.15, -0.1) is 10.2 Å². The van der Waals surface area contributed by atoms with Gasteiger partial charge >= 0.3 is 6.09 Å². The number of unbranched alkanes of at least 4 members (excludes halogenated alkanes) is 1. The van der Waals surface area contributed by atoms with Crippen LogP contribution in [0, 0.1) is 0 Å². The van der Waals surface area contributed by atoms with Crippen molar-refractivity contribution in [3.8, 4) is 5.75 Å². The minimum atomic E-state index is -0.260. The summed E-state index contributed by atoms with van der Waals surface area (Å²) >= 11 is 0. The van der Waals surface area contributed by atoms with E-state index in [0.717, 1.165) is 24.1 Å². The van der Waals surface area contributed by atoms with Crippen LogP contribution in [0.3, 0.4) is 0 Å². The maximum absolute atomic E-state index is 11.9. The normalized spacial score (nSPS) is 14.5. The smallest absolute Gasteiger partial charge is 0.410 e. The summed E-state index contributed by atoms with van der Waals surface area (Å²) in [4.78, 5) is 13.6. The quantitative estimate of drug-likeness (QED) is 0.838. The Hall–Kier alpha value is -2.31. The zero-order valence-corrected chi connectivity index (χ0v) is 13.0. The van der Waals surface area contributed by atoms with Gasteiger partial charge in [-0.3, -0.25) is 0 Å². The van der Waals surface area contributed by atoms with Crippen molar-refractivity contribution in [1.29, 1.82) is 0 Å². The van der Waals surface area contributed by atoms with Crippen LogP contribution in [0.2, 0.25) is 0 Å². The zero-order chi connectivity index (χ0) is 15.9. The monoisotopic (exact) mass is 306 g/mol. The second kappa shape index (κ2) is 7.63. The predicted octanol–water partition coefficient (Wildman–Crippen LogP) is 2.09. The first kappa shape index (κ1) is 16.1. The Balaban J connectivity index is 1.98. The number of aromatic nitrogens is 2. The van der Waals surface area contributed by atoms with Crippen molar-refractivity contribution in [3.05, 3.63) is 17.8 Å². The molecule has 0 aliphatic carbocycles. The molecule has 1 aromatic rings. The summed E-state index contributed by atoms with van der Waals surface area (Å²) in [7, 11) is 1.54. The first-order valence-electron chi connectivity index (χ1n) is 7.44. The summed E-state index contributed by atoms with van der Waals surface area (Å²) in [5, 5.41) is 7.97. The maximum atomic E-state index is 11.9. The molecule has 0 spiro atoms. The lowest BCUT2D eigenvalue weighted by Gasteiger charge is -2.25. The third kappa shape index (κ3) is 3.87. The molecule has 0 aromatic carbocycles. The van der Waals surface area contributed by atoms with Crippen molar-refractivity contribution in [2.24, 2.45) is 0 Å². The van der Waals surface area contributed by atoms with Gasteiger partial charge in [0.25, 0.3) is 0 Å².